The maximum atomic E-state index is 12.0. The van der Waals surface area contributed by atoms with Crippen molar-refractivity contribution in [3.8, 4) is 5.75 Å². The topological polar surface area (TPSA) is 34.1 Å². The van der Waals surface area contributed by atoms with Gasteiger partial charge in [0.25, 0.3) is 0 Å². The Hall–Kier alpha value is -2.24. The zero-order valence-electron chi connectivity index (χ0n) is 11.4. The zero-order chi connectivity index (χ0) is 15.3. The molecule has 1 N–H and O–H groups in total. The maximum Gasteiger partial charge on any atom is 0.422 e. The average Bonchev–Trinajstić information content (AvgIpc) is 2.46. The standard InChI is InChI=1S/C15H15F3N2O/c1-11(12-3-2-8-19-9-12)20-13-4-6-14(7-5-13)21-10-15(16,17)18/h2-9,11,20H,10H2,1H3. The van der Waals surface area contributed by atoms with E-state index in [0.717, 1.165) is 11.3 Å². The minimum atomic E-state index is -4.33. The van der Waals surface area contributed by atoms with E-state index in [2.05, 4.69) is 15.0 Å². The largest absolute Gasteiger partial charge is 0.484 e. The summed E-state index contributed by atoms with van der Waals surface area (Å²) in [5.74, 6) is 0.187. The van der Waals surface area contributed by atoms with Crippen molar-refractivity contribution in [2.45, 2.75) is 19.1 Å². The molecule has 0 bridgehead atoms. The molecule has 1 unspecified atom stereocenters. The molecule has 0 amide bonds. The molecule has 2 rings (SSSR count). The second-order valence-electron chi connectivity index (χ2n) is 4.58. The van der Waals surface area contributed by atoms with E-state index in [0.29, 0.717) is 0 Å². The smallest absolute Gasteiger partial charge is 0.422 e. The lowest BCUT2D eigenvalue weighted by Gasteiger charge is -2.16. The molecule has 0 aliphatic rings. The number of pyridine rings is 1. The lowest BCUT2D eigenvalue weighted by Crippen LogP contribution is -2.19. The molecule has 3 nitrogen and oxygen atoms in total. The highest BCUT2D eigenvalue weighted by Crippen LogP contribution is 2.22. The Morgan fingerprint density at radius 1 is 1.19 bits per heavy atom. The molecule has 1 heterocycles. The van der Waals surface area contributed by atoms with E-state index < -0.39 is 12.8 Å². The first kappa shape index (κ1) is 15.2. The van der Waals surface area contributed by atoms with E-state index in [1.165, 1.54) is 12.1 Å². The molecule has 0 radical (unpaired) electrons. The number of aromatic nitrogens is 1. The van der Waals surface area contributed by atoms with Gasteiger partial charge in [-0.15, -0.1) is 0 Å². The number of hydrogen-bond acceptors (Lipinski definition) is 3. The highest BCUT2D eigenvalue weighted by Gasteiger charge is 2.28. The second kappa shape index (κ2) is 6.47. The Morgan fingerprint density at radius 3 is 2.48 bits per heavy atom. The van der Waals surface area contributed by atoms with Crippen LogP contribution in [-0.4, -0.2) is 17.8 Å². The number of anilines is 1. The summed E-state index contributed by atoms with van der Waals surface area (Å²) in [5, 5.41) is 3.24. The van der Waals surface area contributed by atoms with E-state index in [1.807, 2.05) is 19.1 Å². The normalized spacial score (nSPS) is 12.8. The van der Waals surface area contributed by atoms with Crippen molar-refractivity contribution in [2.75, 3.05) is 11.9 Å². The van der Waals surface area contributed by atoms with Crippen molar-refractivity contribution in [1.82, 2.24) is 4.98 Å². The quantitative estimate of drug-likeness (QED) is 0.898. The molecule has 6 heteroatoms. The average molecular weight is 296 g/mol. The Bertz CT molecular complexity index is 555. The summed E-state index contributed by atoms with van der Waals surface area (Å²) in [5.41, 5.74) is 1.82. The molecule has 0 aliphatic carbocycles. The van der Waals surface area contributed by atoms with Gasteiger partial charge >= 0.3 is 6.18 Å². The van der Waals surface area contributed by atoms with Crippen molar-refractivity contribution in [2.24, 2.45) is 0 Å². The van der Waals surface area contributed by atoms with Gasteiger partial charge in [-0.2, -0.15) is 13.2 Å². The molecule has 0 fully saturated rings. The number of benzene rings is 1. The Labute approximate surface area is 120 Å². The number of nitrogens with zero attached hydrogens (tertiary/aromatic N) is 1. The number of halogens is 3. The second-order valence-corrected chi connectivity index (χ2v) is 4.58. The lowest BCUT2D eigenvalue weighted by atomic mass is 10.1. The molecule has 0 aliphatic heterocycles. The molecule has 0 spiro atoms. The van der Waals surface area contributed by atoms with Gasteiger partial charge in [0, 0.05) is 18.1 Å². The maximum absolute atomic E-state index is 12.0. The van der Waals surface area contributed by atoms with Gasteiger partial charge in [0.1, 0.15) is 5.75 Å². The van der Waals surface area contributed by atoms with Gasteiger partial charge in [-0.1, -0.05) is 6.07 Å². The van der Waals surface area contributed by atoms with Crippen LogP contribution in [0.2, 0.25) is 0 Å². The van der Waals surface area contributed by atoms with Gasteiger partial charge < -0.3 is 10.1 Å². The molecule has 112 valence electrons. The summed E-state index contributed by atoms with van der Waals surface area (Å²) in [6.07, 6.45) is -0.868. The summed E-state index contributed by atoms with van der Waals surface area (Å²) in [6, 6.07) is 10.2. The van der Waals surface area contributed by atoms with E-state index in [-0.39, 0.29) is 11.8 Å². The molecule has 0 saturated carbocycles. The Balaban J connectivity index is 1.93. The molecule has 1 aromatic heterocycles. The van der Waals surface area contributed by atoms with Crippen molar-refractivity contribution in [3.05, 3.63) is 54.4 Å². The first-order valence-electron chi connectivity index (χ1n) is 6.40. The third kappa shape index (κ3) is 4.98. The van der Waals surface area contributed by atoms with Crippen LogP contribution in [-0.2, 0) is 0 Å². The van der Waals surface area contributed by atoms with Crippen molar-refractivity contribution >= 4 is 5.69 Å². The van der Waals surface area contributed by atoms with E-state index >= 15 is 0 Å². The van der Waals surface area contributed by atoms with Crippen LogP contribution < -0.4 is 10.1 Å². The predicted molar refractivity (Wildman–Crippen MR) is 74.3 cm³/mol. The van der Waals surface area contributed by atoms with Crippen LogP contribution in [0.25, 0.3) is 0 Å². The van der Waals surface area contributed by atoms with Crippen LogP contribution in [0.4, 0.5) is 18.9 Å². The van der Waals surface area contributed by atoms with Crippen molar-refractivity contribution in [3.63, 3.8) is 0 Å². The number of rotatable bonds is 5. The first-order valence-corrected chi connectivity index (χ1v) is 6.40. The predicted octanol–water partition coefficient (Wildman–Crippen LogP) is 4.20. The molecule has 1 atom stereocenters. The van der Waals surface area contributed by atoms with Gasteiger partial charge in [-0.25, -0.2) is 0 Å². The number of hydrogen-bond donors (Lipinski definition) is 1. The van der Waals surface area contributed by atoms with Gasteiger partial charge in [0.05, 0.1) is 6.04 Å². The first-order chi connectivity index (χ1) is 9.94. The minimum Gasteiger partial charge on any atom is -0.484 e. The summed E-state index contributed by atoms with van der Waals surface area (Å²) in [7, 11) is 0. The summed E-state index contributed by atoms with van der Waals surface area (Å²) in [6.45, 7) is 0.691. The minimum absolute atomic E-state index is 0.0423. The van der Waals surface area contributed by atoms with Crippen molar-refractivity contribution < 1.29 is 17.9 Å². The van der Waals surface area contributed by atoms with Gasteiger partial charge in [0.2, 0.25) is 0 Å². The number of nitrogens with one attached hydrogen (secondary N) is 1. The van der Waals surface area contributed by atoms with Crippen LogP contribution in [0.15, 0.2) is 48.8 Å². The van der Waals surface area contributed by atoms with E-state index in [9.17, 15) is 13.2 Å². The summed E-state index contributed by atoms with van der Waals surface area (Å²) in [4.78, 5) is 4.04. The van der Waals surface area contributed by atoms with Crippen molar-refractivity contribution in [1.29, 1.82) is 0 Å². The highest BCUT2D eigenvalue weighted by atomic mass is 19.4. The van der Waals surface area contributed by atoms with E-state index in [4.69, 9.17) is 0 Å². The van der Waals surface area contributed by atoms with Gasteiger partial charge in [-0.05, 0) is 42.8 Å². The molecule has 0 saturated heterocycles. The summed E-state index contributed by atoms with van der Waals surface area (Å²) < 4.78 is 40.8. The molecule has 2 aromatic rings. The van der Waals surface area contributed by atoms with Crippen LogP contribution in [0.5, 0.6) is 5.75 Å². The fourth-order valence-electron chi connectivity index (χ4n) is 1.78. The van der Waals surface area contributed by atoms with Crippen LogP contribution in [0.3, 0.4) is 0 Å². The zero-order valence-corrected chi connectivity index (χ0v) is 11.4. The fourth-order valence-corrected chi connectivity index (χ4v) is 1.78. The van der Waals surface area contributed by atoms with Crippen LogP contribution in [0, 0.1) is 0 Å². The summed E-state index contributed by atoms with van der Waals surface area (Å²) >= 11 is 0. The number of alkyl halides is 3. The van der Waals surface area contributed by atoms with E-state index in [1.54, 1.807) is 24.5 Å². The van der Waals surface area contributed by atoms with Crippen LogP contribution >= 0.6 is 0 Å². The molecular weight excluding hydrogens is 281 g/mol. The molecule has 1 aromatic carbocycles. The molecular formula is C15H15F3N2O. The Kier molecular flexibility index (Phi) is 4.67. The fraction of sp³-hybridized carbons (Fsp3) is 0.267. The monoisotopic (exact) mass is 296 g/mol. The van der Waals surface area contributed by atoms with Gasteiger partial charge in [0.15, 0.2) is 6.61 Å². The number of ether oxygens (including phenoxy) is 1. The molecule has 21 heavy (non-hydrogen) atoms. The third-order valence-corrected chi connectivity index (χ3v) is 2.82. The SMILES string of the molecule is CC(Nc1ccc(OCC(F)(F)F)cc1)c1cccnc1. The van der Waals surface area contributed by atoms with Crippen LogP contribution in [0.1, 0.15) is 18.5 Å². The third-order valence-electron chi connectivity index (χ3n) is 2.82. The Morgan fingerprint density at radius 2 is 1.90 bits per heavy atom. The van der Waals surface area contributed by atoms with Gasteiger partial charge in [-0.3, -0.25) is 4.98 Å². The highest BCUT2D eigenvalue weighted by molar-refractivity contribution is 5.48. The lowest BCUT2D eigenvalue weighted by molar-refractivity contribution is -0.153.